The van der Waals surface area contributed by atoms with E-state index in [1.165, 1.54) is 0 Å². The number of ether oxygens (including phenoxy) is 2. The Morgan fingerprint density at radius 1 is 1.42 bits per heavy atom. The Balaban J connectivity index is 2.55. The molecule has 0 amide bonds. The quantitative estimate of drug-likeness (QED) is 0.423. The van der Waals surface area contributed by atoms with Gasteiger partial charge in [0.05, 0.1) is 6.61 Å². The third kappa shape index (κ3) is 1.52. The second kappa shape index (κ2) is 3.74. The number of aliphatic hydroxyl groups is 3. The van der Waals surface area contributed by atoms with Crippen LogP contribution in [0, 0.1) is 12.5 Å². The average molecular weight is 174 g/mol. The Labute approximate surface area is 69.5 Å². The fraction of sp³-hybridized carbons (Fsp3) is 0.714. The van der Waals surface area contributed by atoms with Gasteiger partial charge in [-0.25, -0.2) is 0 Å². The minimum Gasteiger partial charge on any atom is -0.412 e. The van der Waals surface area contributed by atoms with Gasteiger partial charge in [-0.2, -0.15) is 0 Å². The number of terminal acetylenes is 1. The first kappa shape index (κ1) is 9.29. The van der Waals surface area contributed by atoms with Crippen molar-refractivity contribution < 1.29 is 24.8 Å². The van der Waals surface area contributed by atoms with Crippen LogP contribution >= 0.6 is 0 Å². The summed E-state index contributed by atoms with van der Waals surface area (Å²) < 4.78 is 9.36. The van der Waals surface area contributed by atoms with Crippen LogP contribution in [0.15, 0.2) is 0 Å². The van der Waals surface area contributed by atoms with Gasteiger partial charge in [0.2, 0.25) is 6.29 Å². The fourth-order valence-corrected chi connectivity index (χ4v) is 1.03. The third-order valence-electron chi connectivity index (χ3n) is 1.68. The molecule has 3 N–H and O–H groups in total. The summed E-state index contributed by atoms with van der Waals surface area (Å²) in [7, 11) is 0. The van der Waals surface area contributed by atoms with Crippen molar-refractivity contribution in [1.29, 1.82) is 0 Å². The van der Waals surface area contributed by atoms with Crippen LogP contribution in [0.2, 0.25) is 0 Å². The standard InChI is InChI=1S/C7H10O5/c1-2-11-7-6(10)5(9)4(3-8)12-7/h1,4-10H,3H2/t4-,5+,6-,7+/m1/s1. The van der Waals surface area contributed by atoms with Gasteiger partial charge in [-0.05, 0) is 0 Å². The minimum absolute atomic E-state index is 0.386. The zero-order valence-corrected chi connectivity index (χ0v) is 6.25. The maximum Gasteiger partial charge on any atom is 0.239 e. The lowest BCUT2D eigenvalue weighted by Crippen LogP contribution is -2.34. The first-order chi connectivity index (χ1) is 5.70. The molecule has 0 aromatic carbocycles. The molecule has 1 aliphatic rings. The SMILES string of the molecule is C#CO[C@H]1O[C@H](CO)[C@H](O)[C@H]1O. The second-order valence-electron chi connectivity index (χ2n) is 2.44. The lowest BCUT2D eigenvalue weighted by Gasteiger charge is -2.10. The van der Waals surface area contributed by atoms with Gasteiger partial charge in [-0.15, -0.1) is 0 Å². The largest absolute Gasteiger partial charge is 0.412 e. The lowest BCUT2D eigenvalue weighted by molar-refractivity contribution is -0.131. The van der Waals surface area contributed by atoms with Crippen molar-refractivity contribution in [2.45, 2.75) is 24.6 Å². The Hall–Kier alpha value is -0.800. The lowest BCUT2D eigenvalue weighted by atomic mass is 10.1. The molecule has 1 saturated heterocycles. The van der Waals surface area contributed by atoms with Crippen molar-refractivity contribution in [2.24, 2.45) is 0 Å². The van der Waals surface area contributed by atoms with E-state index >= 15 is 0 Å². The molecule has 0 aromatic rings. The van der Waals surface area contributed by atoms with Crippen molar-refractivity contribution in [3.8, 4) is 12.5 Å². The summed E-state index contributed by atoms with van der Waals surface area (Å²) in [4.78, 5) is 0. The van der Waals surface area contributed by atoms with E-state index in [-0.39, 0.29) is 6.61 Å². The Morgan fingerprint density at radius 2 is 2.08 bits per heavy atom. The van der Waals surface area contributed by atoms with Crippen molar-refractivity contribution in [3.05, 3.63) is 0 Å². The molecule has 1 rings (SSSR count). The Kier molecular flexibility index (Phi) is 2.89. The second-order valence-corrected chi connectivity index (χ2v) is 2.44. The molecule has 0 spiro atoms. The molecule has 1 aliphatic heterocycles. The highest BCUT2D eigenvalue weighted by molar-refractivity contribution is 4.88. The molecule has 68 valence electrons. The van der Waals surface area contributed by atoms with Crippen LogP contribution in [-0.2, 0) is 9.47 Å². The van der Waals surface area contributed by atoms with E-state index in [9.17, 15) is 10.2 Å². The van der Waals surface area contributed by atoms with Crippen molar-refractivity contribution in [1.82, 2.24) is 0 Å². The summed E-state index contributed by atoms with van der Waals surface area (Å²) in [5, 5.41) is 27.0. The van der Waals surface area contributed by atoms with Crippen LogP contribution in [0.3, 0.4) is 0 Å². The Morgan fingerprint density at radius 3 is 2.50 bits per heavy atom. The number of rotatable bonds is 2. The number of hydrogen-bond acceptors (Lipinski definition) is 5. The molecule has 5 nitrogen and oxygen atoms in total. The minimum atomic E-state index is -1.21. The van der Waals surface area contributed by atoms with Gasteiger partial charge < -0.3 is 24.8 Å². The van der Waals surface area contributed by atoms with Crippen LogP contribution in [-0.4, -0.2) is 46.5 Å². The highest BCUT2D eigenvalue weighted by Gasteiger charge is 2.43. The summed E-state index contributed by atoms with van der Waals surface area (Å²) >= 11 is 0. The van der Waals surface area contributed by atoms with Crippen LogP contribution < -0.4 is 0 Å². The topological polar surface area (TPSA) is 79.2 Å². The van der Waals surface area contributed by atoms with Crippen molar-refractivity contribution in [2.75, 3.05) is 6.61 Å². The van der Waals surface area contributed by atoms with E-state index < -0.39 is 24.6 Å². The van der Waals surface area contributed by atoms with E-state index in [2.05, 4.69) is 4.74 Å². The number of hydrogen-bond donors (Lipinski definition) is 3. The summed E-state index contributed by atoms with van der Waals surface area (Å²) in [5.74, 6) is 0. The van der Waals surface area contributed by atoms with Gasteiger partial charge in [0, 0.05) is 0 Å². The maximum absolute atomic E-state index is 9.18. The molecule has 0 saturated carbocycles. The highest BCUT2D eigenvalue weighted by atomic mass is 16.7. The van der Waals surface area contributed by atoms with E-state index in [4.69, 9.17) is 16.3 Å². The summed E-state index contributed by atoms with van der Waals surface area (Å²) in [6.45, 7) is -0.386. The average Bonchev–Trinajstić information content (AvgIpc) is 2.33. The van der Waals surface area contributed by atoms with E-state index in [0.29, 0.717) is 0 Å². The predicted octanol–water partition coefficient (Wildman–Crippen LogP) is -1.97. The summed E-state index contributed by atoms with van der Waals surface area (Å²) in [6, 6.07) is 0. The molecule has 5 heteroatoms. The van der Waals surface area contributed by atoms with Gasteiger partial charge in [-0.1, -0.05) is 6.42 Å². The van der Waals surface area contributed by atoms with Gasteiger partial charge in [-0.3, -0.25) is 0 Å². The van der Waals surface area contributed by atoms with Gasteiger partial charge in [0.1, 0.15) is 24.4 Å². The predicted molar refractivity (Wildman–Crippen MR) is 37.7 cm³/mol. The van der Waals surface area contributed by atoms with E-state index in [0.717, 1.165) is 0 Å². The third-order valence-corrected chi connectivity index (χ3v) is 1.68. The zero-order valence-electron chi connectivity index (χ0n) is 6.25. The molecular weight excluding hydrogens is 164 g/mol. The van der Waals surface area contributed by atoms with E-state index in [1.54, 1.807) is 0 Å². The first-order valence-corrected chi connectivity index (χ1v) is 3.44. The van der Waals surface area contributed by atoms with Gasteiger partial charge >= 0.3 is 0 Å². The zero-order chi connectivity index (χ0) is 9.14. The van der Waals surface area contributed by atoms with Crippen molar-refractivity contribution >= 4 is 0 Å². The summed E-state index contributed by atoms with van der Waals surface area (Å²) in [6.07, 6.45) is 2.37. The van der Waals surface area contributed by atoms with Crippen LogP contribution in [0.25, 0.3) is 0 Å². The van der Waals surface area contributed by atoms with Gasteiger partial charge in [0.25, 0.3) is 0 Å². The molecule has 12 heavy (non-hydrogen) atoms. The molecule has 0 radical (unpaired) electrons. The smallest absolute Gasteiger partial charge is 0.239 e. The maximum atomic E-state index is 9.18. The molecule has 0 bridgehead atoms. The molecule has 0 unspecified atom stereocenters. The molecular formula is C7H10O5. The normalized spacial score (nSPS) is 40.8. The van der Waals surface area contributed by atoms with Crippen LogP contribution in [0.4, 0.5) is 0 Å². The fourth-order valence-electron chi connectivity index (χ4n) is 1.03. The summed E-state index contributed by atoms with van der Waals surface area (Å²) in [5.41, 5.74) is 0. The van der Waals surface area contributed by atoms with Gasteiger partial charge in [0.15, 0.2) is 0 Å². The Bertz CT molecular complexity index is 187. The van der Waals surface area contributed by atoms with Crippen LogP contribution in [0.5, 0.6) is 0 Å². The first-order valence-electron chi connectivity index (χ1n) is 3.44. The molecule has 0 aliphatic carbocycles. The highest BCUT2D eigenvalue weighted by Crippen LogP contribution is 2.21. The number of aliphatic hydroxyl groups excluding tert-OH is 3. The molecule has 1 fully saturated rings. The van der Waals surface area contributed by atoms with E-state index in [1.807, 2.05) is 6.11 Å². The van der Waals surface area contributed by atoms with Crippen molar-refractivity contribution in [3.63, 3.8) is 0 Å². The molecule has 0 aromatic heterocycles. The van der Waals surface area contributed by atoms with Crippen LogP contribution in [0.1, 0.15) is 0 Å². The monoisotopic (exact) mass is 174 g/mol. The molecule has 1 heterocycles. The molecule has 4 atom stereocenters.